The van der Waals surface area contributed by atoms with E-state index in [0.717, 1.165) is 22.5 Å². The second-order valence-corrected chi connectivity index (χ2v) is 8.85. The van der Waals surface area contributed by atoms with Crippen molar-refractivity contribution in [2.45, 2.75) is 6.54 Å². The van der Waals surface area contributed by atoms with Crippen LogP contribution in [0.3, 0.4) is 0 Å². The number of anilines is 2. The number of carbonyl (C=O) groups is 2. The Bertz CT molecular complexity index is 1290. The first-order valence-corrected chi connectivity index (χ1v) is 11.2. The molecule has 0 aromatic heterocycles. The molecule has 7 heteroatoms. The molecule has 0 spiro atoms. The highest BCUT2D eigenvalue weighted by Crippen LogP contribution is 2.44. The Hall–Kier alpha value is -3.35. The van der Waals surface area contributed by atoms with Gasteiger partial charge in [-0.25, -0.2) is 0 Å². The van der Waals surface area contributed by atoms with Crippen molar-refractivity contribution in [1.29, 1.82) is 0 Å². The number of para-hydroxylation sites is 1. The normalized spacial score (nSPS) is 17.6. The van der Waals surface area contributed by atoms with Gasteiger partial charge < -0.3 is 9.80 Å². The molecular formula is C25H18ClN3O2S. The highest BCUT2D eigenvalue weighted by Gasteiger charge is 2.39. The number of rotatable bonds is 3. The molecule has 0 N–H and O–H groups in total. The van der Waals surface area contributed by atoms with Gasteiger partial charge in [-0.05, 0) is 47.7 Å². The maximum atomic E-state index is 13.5. The van der Waals surface area contributed by atoms with Crippen LogP contribution in [0.1, 0.15) is 11.1 Å². The van der Waals surface area contributed by atoms with Gasteiger partial charge in [0.05, 0.1) is 22.7 Å². The van der Waals surface area contributed by atoms with Crippen molar-refractivity contribution in [2.24, 2.45) is 4.99 Å². The van der Waals surface area contributed by atoms with Gasteiger partial charge >= 0.3 is 0 Å². The van der Waals surface area contributed by atoms with E-state index in [-0.39, 0.29) is 5.91 Å². The molecule has 5 rings (SSSR count). The highest BCUT2D eigenvalue weighted by atomic mass is 35.5. The summed E-state index contributed by atoms with van der Waals surface area (Å²) in [4.78, 5) is 34.5. The largest absolute Gasteiger partial charge is 0.324 e. The Morgan fingerprint density at radius 1 is 0.938 bits per heavy atom. The molecule has 0 unspecified atom stereocenters. The lowest BCUT2D eigenvalue weighted by atomic mass is 10.1. The minimum Gasteiger partial charge on any atom is -0.324 e. The van der Waals surface area contributed by atoms with Gasteiger partial charge in [0.25, 0.3) is 11.8 Å². The van der Waals surface area contributed by atoms with Crippen molar-refractivity contribution < 1.29 is 9.59 Å². The molecule has 2 heterocycles. The molecule has 0 atom stereocenters. The Labute approximate surface area is 195 Å². The number of thioether (sulfide) groups is 1. The highest BCUT2D eigenvalue weighted by molar-refractivity contribution is 8.19. The van der Waals surface area contributed by atoms with E-state index in [9.17, 15) is 9.59 Å². The van der Waals surface area contributed by atoms with E-state index < -0.39 is 5.91 Å². The molecule has 3 aromatic rings. The molecule has 0 bridgehead atoms. The second-order valence-electron chi connectivity index (χ2n) is 7.44. The maximum Gasteiger partial charge on any atom is 0.287 e. The van der Waals surface area contributed by atoms with Crippen LogP contribution in [0.5, 0.6) is 0 Å². The minimum absolute atomic E-state index is 0.184. The quantitative estimate of drug-likeness (QED) is 0.494. The molecule has 3 aromatic carbocycles. The lowest BCUT2D eigenvalue weighted by Gasteiger charge is -2.18. The summed E-state index contributed by atoms with van der Waals surface area (Å²) in [6.45, 7) is 0.435. The van der Waals surface area contributed by atoms with Gasteiger partial charge in [-0.1, -0.05) is 60.1 Å². The van der Waals surface area contributed by atoms with E-state index in [1.165, 1.54) is 11.8 Å². The first kappa shape index (κ1) is 20.5. The Morgan fingerprint density at radius 3 is 2.38 bits per heavy atom. The fourth-order valence-corrected chi connectivity index (χ4v) is 4.91. The van der Waals surface area contributed by atoms with Gasteiger partial charge in [0, 0.05) is 23.3 Å². The zero-order valence-electron chi connectivity index (χ0n) is 17.2. The van der Waals surface area contributed by atoms with Gasteiger partial charge in [-0.15, -0.1) is 0 Å². The monoisotopic (exact) mass is 459 g/mol. The third-order valence-corrected chi connectivity index (χ3v) is 6.80. The van der Waals surface area contributed by atoms with Crippen LogP contribution in [0.4, 0.5) is 11.4 Å². The zero-order valence-corrected chi connectivity index (χ0v) is 18.7. The Morgan fingerprint density at radius 2 is 1.62 bits per heavy atom. The SMILES string of the molecule is CN(C1=NC(=O)C(=C2C(=O)N(Cc3ccccc3)c3ccccc32)S1)c1ccc(Cl)cc1. The zero-order chi connectivity index (χ0) is 22.2. The Kier molecular flexibility index (Phi) is 5.33. The van der Waals surface area contributed by atoms with Gasteiger partial charge in [-0.2, -0.15) is 4.99 Å². The molecule has 5 nitrogen and oxygen atoms in total. The van der Waals surface area contributed by atoms with E-state index in [1.807, 2.05) is 78.7 Å². The van der Waals surface area contributed by atoms with Gasteiger partial charge in [0.15, 0.2) is 5.17 Å². The van der Waals surface area contributed by atoms with Gasteiger partial charge in [0.2, 0.25) is 0 Å². The summed E-state index contributed by atoms with van der Waals surface area (Å²) >= 11 is 7.21. The molecule has 2 aliphatic rings. The van der Waals surface area contributed by atoms with Crippen LogP contribution in [0.25, 0.3) is 5.57 Å². The predicted octanol–water partition coefficient (Wildman–Crippen LogP) is 5.36. The number of nitrogens with zero attached hydrogens (tertiary/aromatic N) is 3. The molecule has 2 aliphatic heterocycles. The number of fused-ring (bicyclic) bond motifs is 1. The standard InChI is InChI=1S/C25H18ClN3O2S/c1-28(18-13-11-17(26)12-14-18)25-27-23(30)22(32-25)21-19-9-5-6-10-20(19)29(24(21)31)15-16-7-3-2-4-8-16/h2-14H,15H2,1H3. The minimum atomic E-state index is -0.398. The topological polar surface area (TPSA) is 53.0 Å². The summed E-state index contributed by atoms with van der Waals surface area (Å²) in [5.41, 5.74) is 3.84. The van der Waals surface area contributed by atoms with Gasteiger partial charge in [0.1, 0.15) is 0 Å². The van der Waals surface area contributed by atoms with Crippen LogP contribution in [-0.4, -0.2) is 24.0 Å². The molecule has 0 aliphatic carbocycles. The van der Waals surface area contributed by atoms with Crippen LogP contribution in [0.2, 0.25) is 5.02 Å². The van der Waals surface area contributed by atoms with Crippen molar-refractivity contribution >= 4 is 57.3 Å². The number of hydrogen-bond donors (Lipinski definition) is 0. The molecule has 158 valence electrons. The average Bonchev–Trinajstić information content (AvgIpc) is 3.32. The number of halogens is 1. The first-order valence-electron chi connectivity index (χ1n) is 10.0. The van der Waals surface area contributed by atoms with E-state index >= 15 is 0 Å². The molecule has 0 fully saturated rings. The molecule has 0 saturated heterocycles. The third-order valence-electron chi connectivity index (χ3n) is 5.42. The summed E-state index contributed by atoms with van der Waals surface area (Å²) in [7, 11) is 1.84. The van der Waals surface area contributed by atoms with Crippen molar-refractivity contribution in [2.75, 3.05) is 16.8 Å². The van der Waals surface area contributed by atoms with E-state index in [1.54, 1.807) is 17.0 Å². The fourth-order valence-electron chi connectivity index (χ4n) is 3.79. The number of aliphatic imine (C=N–C) groups is 1. The third kappa shape index (κ3) is 3.61. The number of benzene rings is 3. The lowest BCUT2D eigenvalue weighted by molar-refractivity contribution is -0.115. The number of carbonyl (C=O) groups excluding carboxylic acids is 2. The smallest absolute Gasteiger partial charge is 0.287 e. The van der Waals surface area contributed by atoms with E-state index in [2.05, 4.69) is 4.99 Å². The molecular weight excluding hydrogens is 442 g/mol. The van der Waals surface area contributed by atoms with Crippen molar-refractivity contribution in [3.63, 3.8) is 0 Å². The van der Waals surface area contributed by atoms with Crippen LogP contribution in [-0.2, 0) is 16.1 Å². The first-order chi connectivity index (χ1) is 15.5. The summed E-state index contributed by atoms with van der Waals surface area (Å²) in [5, 5.41) is 1.15. The predicted molar refractivity (Wildman–Crippen MR) is 131 cm³/mol. The lowest BCUT2D eigenvalue weighted by Crippen LogP contribution is -2.26. The van der Waals surface area contributed by atoms with Crippen LogP contribution < -0.4 is 9.80 Å². The summed E-state index contributed by atoms with van der Waals surface area (Å²) < 4.78 is 0. The van der Waals surface area contributed by atoms with Crippen LogP contribution in [0, 0.1) is 0 Å². The summed E-state index contributed by atoms with van der Waals surface area (Å²) in [6.07, 6.45) is 0. The maximum absolute atomic E-state index is 13.5. The molecule has 0 saturated carbocycles. The Balaban J connectivity index is 1.50. The second kappa shape index (κ2) is 8.30. The number of amides is 2. The van der Waals surface area contributed by atoms with E-state index in [0.29, 0.717) is 27.2 Å². The molecule has 2 amide bonds. The summed E-state index contributed by atoms with van der Waals surface area (Å²) in [6, 6.07) is 24.7. The van der Waals surface area contributed by atoms with E-state index in [4.69, 9.17) is 11.6 Å². The summed E-state index contributed by atoms with van der Waals surface area (Å²) in [5.74, 6) is -0.581. The van der Waals surface area contributed by atoms with Crippen LogP contribution in [0.15, 0.2) is 88.8 Å². The molecule has 32 heavy (non-hydrogen) atoms. The van der Waals surface area contributed by atoms with Crippen molar-refractivity contribution in [1.82, 2.24) is 0 Å². The fraction of sp³-hybridized carbons (Fsp3) is 0.0800. The van der Waals surface area contributed by atoms with Crippen LogP contribution >= 0.6 is 23.4 Å². The number of hydrogen-bond acceptors (Lipinski definition) is 4. The number of amidine groups is 1. The molecule has 0 radical (unpaired) electrons. The average molecular weight is 460 g/mol. The van der Waals surface area contributed by atoms with Crippen molar-refractivity contribution in [3.05, 3.63) is 99.9 Å². The van der Waals surface area contributed by atoms with Crippen molar-refractivity contribution in [3.8, 4) is 0 Å². The van der Waals surface area contributed by atoms with Gasteiger partial charge in [-0.3, -0.25) is 9.59 Å².